The summed E-state index contributed by atoms with van der Waals surface area (Å²) in [5, 5.41) is 2.82. The SMILES string of the molecule is CCCC(N)CC(=O)Nc1cccc(Br)c1. The molecule has 0 aliphatic rings. The van der Waals surface area contributed by atoms with Gasteiger partial charge in [-0.05, 0) is 24.6 Å². The van der Waals surface area contributed by atoms with Gasteiger partial charge in [-0.1, -0.05) is 35.3 Å². The minimum Gasteiger partial charge on any atom is -0.327 e. The van der Waals surface area contributed by atoms with E-state index < -0.39 is 0 Å². The van der Waals surface area contributed by atoms with Crippen LogP contribution in [0.2, 0.25) is 0 Å². The molecule has 3 N–H and O–H groups in total. The predicted octanol–water partition coefficient (Wildman–Crippen LogP) is 2.91. The van der Waals surface area contributed by atoms with Gasteiger partial charge in [-0.2, -0.15) is 0 Å². The summed E-state index contributed by atoms with van der Waals surface area (Å²) in [4.78, 5) is 11.6. The molecule has 0 radical (unpaired) electrons. The summed E-state index contributed by atoms with van der Waals surface area (Å²) in [6.45, 7) is 2.06. The number of hydrogen-bond acceptors (Lipinski definition) is 2. The lowest BCUT2D eigenvalue weighted by Gasteiger charge is -2.10. The van der Waals surface area contributed by atoms with Crippen LogP contribution in [0, 0.1) is 0 Å². The van der Waals surface area contributed by atoms with Crippen LogP contribution in [0.5, 0.6) is 0 Å². The maximum atomic E-state index is 11.6. The predicted molar refractivity (Wildman–Crippen MR) is 70.3 cm³/mol. The van der Waals surface area contributed by atoms with Gasteiger partial charge in [-0.25, -0.2) is 0 Å². The van der Waals surface area contributed by atoms with Crippen molar-refractivity contribution in [1.29, 1.82) is 0 Å². The van der Waals surface area contributed by atoms with Gasteiger partial charge in [0, 0.05) is 22.6 Å². The molecule has 1 amide bonds. The van der Waals surface area contributed by atoms with Gasteiger partial charge in [-0.15, -0.1) is 0 Å². The van der Waals surface area contributed by atoms with Crippen LogP contribution in [-0.2, 0) is 4.79 Å². The highest BCUT2D eigenvalue weighted by atomic mass is 79.9. The molecule has 0 fully saturated rings. The summed E-state index contributed by atoms with van der Waals surface area (Å²) in [6, 6.07) is 7.47. The van der Waals surface area contributed by atoms with Crippen molar-refractivity contribution in [2.24, 2.45) is 5.73 Å². The van der Waals surface area contributed by atoms with Gasteiger partial charge in [-0.3, -0.25) is 4.79 Å². The van der Waals surface area contributed by atoms with Gasteiger partial charge < -0.3 is 11.1 Å². The van der Waals surface area contributed by atoms with Gasteiger partial charge in [0.05, 0.1) is 0 Å². The first-order valence-electron chi connectivity index (χ1n) is 5.42. The van der Waals surface area contributed by atoms with E-state index in [9.17, 15) is 4.79 Å². The van der Waals surface area contributed by atoms with Crippen LogP contribution < -0.4 is 11.1 Å². The highest BCUT2D eigenvalue weighted by Crippen LogP contribution is 2.15. The summed E-state index contributed by atoms with van der Waals surface area (Å²) < 4.78 is 0.947. The van der Waals surface area contributed by atoms with Crippen LogP contribution in [0.15, 0.2) is 28.7 Å². The number of benzene rings is 1. The third kappa shape index (κ3) is 4.77. The quantitative estimate of drug-likeness (QED) is 0.874. The molecule has 1 atom stereocenters. The molecule has 0 bridgehead atoms. The largest absolute Gasteiger partial charge is 0.327 e. The number of halogens is 1. The number of hydrogen-bond donors (Lipinski definition) is 2. The average Bonchev–Trinajstić information content (AvgIpc) is 2.17. The van der Waals surface area contributed by atoms with Crippen molar-refractivity contribution in [3.05, 3.63) is 28.7 Å². The zero-order chi connectivity index (χ0) is 12.0. The van der Waals surface area contributed by atoms with Crippen molar-refractivity contribution >= 4 is 27.5 Å². The highest BCUT2D eigenvalue weighted by molar-refractivity contribution is 9.10. The Bertz CT molecular complexity index is 355. The van der Waals surface area contributed by atoms with Crippen LogP contribution in [0.1, 0.15) is 26.2 Å². The van der Waals surface area contributed by atoms with E-state index in [1.807, 2.05) is 24.3 Å². The fourth-order valence-electron chi connectivity index (χ4n) is 1.49. The van der Waals surface area contributed by atoms with Crippen molar-refractivity contribution in [1.82, 2.24) is 0 Å². The molecule has 0 saturated carbocycles. The number of rotatable bonds is 5. The molecule has 1 rings (SSSR count). The van der Waals surface area contributed by atoms with Gasteiger partial charge in [0.1, 0.15) is 0 Å². The van der Waals surface area contributed by atoms with Crippen LogP contribution >= 0.6 is 15.9 Å². The van der Waals surface area contributed by atoms with Crippen molar-refractivity contribution in [3.8, 4) is 0 Å². The standard InChI is InChI=1S/C12H17BrN2O/c1-2-4-10(14)8-12(16)15-11-6-3-5-9(13)7-11/h3,5-7,10H,2,4,8,14H2,1H3,(H,15,16). The molecule has 0 heterocycles. The molecule has 0 spiro atoms. The molecule has 1 aromatic rings. The van der Waals surface area contributed by atoms with Crippen LogP contribution in [0.3, 0.4) is 0 Å². The second kappa shape index (κ2) is 6.66. The molecule has 0 saturated heterocycles. The summed E-state index contributed by atoms with van der Waals surface area (Å²) in [7, 11) is 0. The van der Waals surface area contributed by atoms with Crippen molar-refractivity contribution in [2.45, 2.75) is 32.2 Å². The molecular weight excluding hydrogens is 268 g/mol. The minimum atomic E-state index is -0.0443. The first-order chi connectivity index (χ1) is 7.61. The number of anilines is 1. The van der Waals surface area contributed by atoms with E-state index in [-0.39, 0.29) is 11.9 Å². The maximum absolute atomic E-state index is 11.6. The van der Waals surface area contributed by atoms with E-state index in [0.29, 0.717) is 6.42 Å². The normalized spacial score (nSPS) is 12.2. The molecule has 4 heteroatoms. The minimum absolute atomic E-state index is 0.0287. The van der Waals surface area contributed by atoms with E-state index in [1.165, 1.54) is 0 Å². The number of nitrogens with one attached hydrogen (secondary N) is 1. The fourth-order valence-corrected chi connectivity index (χ4v) is 1.89. The molecular formula is C12H17BrN2O. The molecule has 16 heavy (non-hydrogen) atoms. The summed E-state index contributed by atoms with van der Waals surface area (Å²) >= 11 is 3.35. The number of nitrogens with two attached hydrogens (primary N) is 1. The van der Waals surface area contributed by atoms with E-state index in [0.717, 1.165) is 23.0 Å². The summed E-state index contributed by atoms with van der Waals surface area (Å²) in [6.07, 6.45) is 2.26. The summed E-state index contributed by atoms with van der Waals surface area (Å²) in [5.41, 5.74) is 6.59. The molecule has 88 valence electrons. The Balaban J connectivity index is 2.45. The highest BCUT2D eigenvalue weighted by Gasteiger charge is 2.08. The topological polar surface area (TPSA) is 55.1 Å². The molecule has 0 aromatic heterocycles. The van der Waals surface area contributed by atoms with Gasteiger partial charge in [0.2, 0.25) is 5.91 Å². The number of amides is 1. The second-order valence-corrected chi connectivity index (χ2v) is 4.73. The van der Waals surface area contributed by atoms with Crippen LogP contribution in [0.25, 0.3) is 0 Å². The first-order valence-corrected chi connectivity index (χ1v) is 6.22. The van der Waals surface area contributed by atoms with Crippen molar-refractivity contribution in [2.75, 3.05) is 5.32 Å². The second-order valence-electron chi connectivity index (χ2n) is 3.81. The summed E-state index contributed by atoms with van der Waals surface area (Å²) in [5.74, 6) is -0.0287. The van der Waals surface area contributed by atoms with E-state index in [2.05, 4.69) is 28.2 Å². The Morgan fingerprint density at radius 3 is 2.94 bits per heavy atom. The smallest absolute Gasteiger partial charge is 0.225 e. The van der Waals surface area contributed by atoms with Gasteiger partial charge in [0.15, 0.2) is 0 Å². The lowest BCUT2D eigenvalue weighted by molar-refractivity contribution is -0.116. The Labute approximate surface area is 105 Å². The molecule has 1 unspecified atom stereocenters. The lowest BCUT2D eigenvalue weighted by atomic mass is 10.1. The maximum Gasteiger partial charge on any atom is 0.225 e. The lowest BCUT2D eigenvalue weighted by Crippen LogP contribution is -2.26. The van der Waals surface area contributed by atoms with Crippen molar-refractivity contribution < 1.29 is 4.79 Å². The zero-order valence-corrected chi connectivity index (χ0v) is 11.0. The Kier molecular flexibility index (Phi) is 5.49. The third-order valence-electron chi connectivity index (χ3n) is 2.22. The van der Waals surface area contributed by atoms with Crippen molar-refractivity contribution in [3.63, 3.8) is 0 Å². The molecule has 0 aliphatic heterocycles. The zero-order valence-electron chi connectivity index (χ0n) is 9.37. The third-order valence-corrected chi connectivity index (χ3v) is 2.71. The average molecular weight is 285 g/mol. The first kappa shape index (κ1) is 13.2. The van der Waals surface area contributed by atoms with Crippen LogP contribution in [0.4, 0.5) is 5.69 Å². The fraction of sp³-hybridized carbons (Fsp3) is 0.417. The molecule has 1 aromatic carbocycles. The van der Waals surface area contributed by atoms with Gasteiger partial charge >= 0.3 is 0 Å². The van der Waals surface area contributed by atoms with E-state index in [4.69, 9.17) is 5.73 Å². The molecule has 0 aliphatic carbocycles. The van der Waals surface area contributed by atoms with Gasteiger partial charge in [0.25, 0.3) is 0 Å². The Hall–Kier alpha value is -0.870. The number of carbonyl (C=O) groups excluding carboxylic acids is 1. The molecule has 3 nitrogen and oxygen atoms in total. The van der Waals surface area contributed by atoms with E-state index in [1.54, 1.807) is 0 Å². The Morgan fingerprint density at radius 1 is 1.56 bits per heavy atom. The van der Waals surface area contributed by atoms with Crippen LogP contribution in [-0.4, -0.2) is 11.9 Å². The van der Waals surface area contributed by atoms with E-state index >= 15 is 0 Å². The monoisotopic (exact) mass is 284 g/mol. The Morgan fingerprint density at radius 2 is 2.31 bits per heavy atom. The number of carbonyl (C=O) groups is 1.